The summed E-state index contributed by atoms with van der Waals surface area (Å²) in [7, 11) is 1.63. The minimum Gasteiger partial charge on any atom is -0.358 e. The lowest BCUT2D eigenvalue weighted by atomic mass is 10.0. The Morgan fingerprint density at radius 2 is 2.11 bits per heavy atom. The number of benzene rings is 1. The van der Waals surface area contributed by atoms with Gasteiger partial charge < -0.3 is 10.6 Å². The first-order valence-electron chi connectivity index (χ1n) is 6.33. The molecule has 1 aromatic rings. The first-order chi connectivity index (χ1) is 8.93. The van der Waals surface area contributed by atoms with E-state index in [9.17, 15) is 9.18 Å². The zero-order valence-electron chi connectivity index (χ0n) is 11.5. The summed E-state index contributed by atoms with van der Waals surface area (Å²) in [5.74, 6) is 0.124. The van der Waals surface area contributed by atoms with Gasteiger partial charge >= 0.3 is 0 Å². The van der Waals surface area contributed by atoms with Crippen LogP contribution in [0.15, 0.2) is 22.7 Å². The molecule has 3 nitrogen and oxygen atoms in total. The van der Waals surface area contributed by atoms with Crippen molar-refractivity contribution < 1.29 is 9.18 Å². The molecule has 1 rings (SSSR count). The highest BCUT2D eigenvalue weighted by atomic mass is 79.9. The van der Waals surface area contributed by atoms with E-state index in [-0.39, 0.29) is 17.8 Å². The lowest BCUT2D eigenvalue weighted by Crippen LogP contribution is -2.43. The highest BCUT2D eigenvalue weighted by molar-refractivity contribution is 9.10. The molecule has 0 aliphatic rings. The fraction of sp³-hybridized carbons (Fsp3) is 0.500. The van der Waals surface area contributed by atoms with Crippen molar-refractivity contribution in [1.82, 2.24) is 10.6 Å². The number of halogens is 2. The van der Waals surface area contributed by atoms with E-state index in [2.05, 4.69) is 40.4 Å². The van der Waals surface area contributed by atoms with Gasteiger partial charge in [-0.1, -0.05) is 19.9 Å². The molecule has 0 fully saturated rings. The summed E-state index contributed by atoms with van der Waals surface area (Å²) in [6, 6.07) is 4.62. The molecular formula is C14H20BrFN2O. The molecule has 0 radical (unpaired) electrons. The minimum absolute atomic E-state index is 0.0186. The van der Waals surface area contributed by atoms with Crippen LogP contribution >= 0.6 is 15.9 Å². The first-order valence-corrected chi connectivity index (χ1v) is 7.12. The van der Waals surface area contributed by atoms with Gasteiger partial charge in [0.2, 0.25) is 5.91 Å². The van der Waals surface area contributed by atoms with Crippen LogP contribution in [0.2, 0.25) is 0 Å². The average molecular weight is 331 g/mol. The smallest absolute Gasteiger partial charge is 0.236 e. The Balaban J connectivity index is 2.64. The maximum absolute atomic E-state index is 13.1. The normalized spacial score (nSPS) is 12.5. The van der Waals surface area contributed by atoms with Crippen LogP contribution in [0.1, 0.15) is 25.8 Å². The summed E-state index contributed by atoms with van der Waals surface area (Å²) in [6.07, 6.45) is 0.766. The maximum Gasteiger partial charge on any atom is 0.236 e. The van der Waals surface area contributed by atoms with E-state index < -0.39 is 0 Å². The third kappa shape index (κ3) is 5.28. The topological polar surface area (TPSA) is 41.1 Å². The van der Waals surface area contributed by atoms with Gasteiger partial charge in [0.15, 0.2) is 0 Å². The standard InChI is InChI=1S/C14H20BrFN2O/c1-9(2)6-13(14(19)17-3)18-8-10-4-5-12(16)11(15)7-10/h4-5,7,9,13,18H,6,8H2,1-3H3,(H,17,19). The van der Waals surface area contributed by atoms with E-state index in [1.165, 1.54) is 6.07 Å². The largest absolute Gasteiger partial charge is 0.358 e. The molecule has 1 amide bonds. The number of carbonyl (C=O) groups is 1. The Morgan fingerprint density at radius 3 is 2.63 bits per heavy atom. The maximum atomic E-state index is 13.1. The fourth-order valence-corrected chi connectivity index (χ4v) is 2.25. The van der Waals surface area contributed by atoms with Crippen LogP contribution in [0.3, 0.4) is 0 Å². The van der Waals surface area contributed by atoms with Crippen LogP contribution in [0.4, 0.5) is 4.39 Å². The Bertz CT molecular complexity index is 437. The molecule has 0 spiro atoms. The monoisotopic (exact) mass is 330 g/mol. The van der Waals surface area contributed by atoms with E-state index in [1.807, 2.05) is 0 Å². The van der Waals surface area contributed by atoms with Crippen LogP contribution in [0, 0.1) is 11.7 Å². The molecule has 2 N–H and O–H groups in total. The number of hydrogen-bond acceptors (Lipinski definition) is 2. The molecule has 0 saturated heterocycles. The van der Waals surface area contributed by atoms with Gasteiger partial charge in [0.1, 0.15) is 5.82 Å². The van der Waals surface area contributed by atoms with Crippen LogP contribution in [0.25, 0.3) is 0 Å². The van der Waals surface area contributed by atoms with E-state index in [0.717, 1.165) is 12.0 Å². The van der Waals surface area contributed by atoms with E-state index in [4.69, 9.17) is 0 Å². The molecule has 5 heteroatoms. The highest BCUT2D eigenvalue weighted by Crippen LogP contribution is 2.17. The van der Waals surface area contributed by atoms with Gasteiger partial charge in [-0.25, -0.2) is 4.39 Å². The van der Waals surface area contributed by atoms with Crippen molar-refractivity contribution in [2.45, 2.75) is 32.9 Å². The number of amides is 1. The van der Waals surface area contributed by atoms with Crippen molar-refractivity contribution in [2.24, 2.45) is 5.92 Å². The molecule has 1 unspecified atom stereocenters. The van der Waals surface area contributed by atoms with Gasteiger partial charge in [0, 0.05) is 13.6 Å². The van der Waals surface area contributed by atoms with Crippen LogP contribution in [0.5, 0.6) is 0 Å². The summed E-state index contributed by atoms with van der Waals surface area (Å²) < 4.78 is 13.6. The number of carbonyl (C=O) groups excluding carboxylic acids is 1. The van der Waals surface area contributed by atoms with Gasteiger partial charge in [0.25, 0.3) is 0 Å². The summed E-state index contributed by atoms with van der Waals surface area (Å²) in [6.45, 7) is 4.68. The summed E-state index contributed by atoms with van der Waals surface area (Å²) in [4.78, 5) is 11.7. The second kappa shape index (κ2) is 7.60. The summed E-state index contributed by atoms with van der Waals surface area (Å²) >= 11 is 3.15. The molecule has 106 valence electrons. The number of likely N-dealkylation sites (N-methyl/N-ethyl adjacent to an activating group) is 1. The Labute approximate surface area is 122 Å². The first kappa shape index (κ1) is 16.1. The molecule has 0 aliphatic heterocycles. The van der Waals surface area contributed by atoms with E-state index in [1.54, 1.807) is 19.2 Å². The lowest BCUT2D eigenvalue weighted by molar-refractivity contribution is -0.123. The van der Waals surface area contributed by atoms with Crippen molar-refractivity contribution in [3.05, 3.63) is 34.1 Å². The summed E-state index contributed by atoms with van der Waals surface area (Å²) in [5.41, 5.74) is 0.936. The number of nitrogens with one attached hydrogen (secondary N) is 2. The lowest BCUT2D eigenvalue weighted by Gasteiger charge is -2.19. The molecule has 0 aromatic heterocycles. The van der Waals surface area contributed by atoms with Crippen LogP contribution in [-0.4, -0.2) is 19.0 Å². The van der Waals surface area contributed by atoms with Crippen molar-refractivity contribution in [3.8, 4) is 0 Å². The fourth-order valence-electron chi connectivity index (χ4n) is 1.82. The molecule has 0 bridgehead atoms. The molecule has 19 heavy (non-hydrogen) atoms. The van der Waals surface area contributed by atoms with Gasteiger partial charge in [-0.05, 0) is 46.0 Å². The molecule has 0 saturated carbocycles. The second-order valence-corrected chi connectivity index (χ2v) is 5.78. The van der Waals surface area contributed by atoms with Crippen molar-refractivity contribution in [2.75, 3.05) is 7.05 Å². The molecular weight excluding hydrogens is 311 g/mol. The summed E-state index contributed by atoms with van der Waals surface area (Å²) in [5, 5.41) is 5.87. The van der Waals surface area contributed by atoms with Gasteiger partial charge in [0.05, 0.1) is 10.5 Å². The minimum atomic E-state index is -0.284. The van der Waals surface area contributed by atoms with Crippen molar-refractivity contribution in [1.29, 1.82) is 0 Å². The second-order valence-electron chi connectivity index (χ2n) is 4.93. The third-order valence-electron chi connectivity index (χ3n) is 2.81. The van der Waals surface area contributed by atoms with Gasteiger partial charge in [-0.3, -0.25) is 4.79 Å². The van der Waals surface area contributed by atoms with Crippen molar-refractivity contribution in [3.63, 3.8) is 0 Å². The highest BCUT2D eigenvalue weighted by Gasteiger charge is 2.17. The van der Waals surface area contributed by atoms with Crippen LogP contribution < -0.4 is 10.6 Å². The molecule has 0 heterocycles. The van der Waals surface area contributed by atoms with Gasteiger partial charge in [-0.15, -0.1) is 0 Å². The molecule has 0 aliphatic carbocycles. The van der Waals surface area contributed by atoms with Crippen LogP contribution in [-0.2, 0) is 11.3 Å². The third-order valence-corrected chi connectivity index (χ3v) is 3.41. The Morgan fingerprint density at radius 1 is 1.42 bits per heavy atom. The Hall–Kier alpha value is -0.940. The van der Waals surface area contributed by atoms with E-state index >= 15 is 0 Å². The Kier molecular flexibility index (Phi) is 6.45. The number of hydrogen-bond donors (Lipinski definition) is 2. The average Bonchev–Trinajstić information content (AvgIpc) is 2.37. The predicted molar refractivity (Wildman–Crippen MR) is 78.2 cm³/mol. The zero-order valence-corrected chi connectivity index (χ0v) is 13.1. The predicted octanol–water partition coefficient (Wildman–Crippen LogP) is 2.84. The van der Waals surface area contributed by atoms with E-state index in [0.29, 0.717) is 16.9 Å². The zero-order chi connectivity index (χ0) is 14.4. The number of rotatable bonds is 6. The molecule has 1 aromatic carbocycles. The quantitative estimate of drug-likeness (QED) is 0.842. The molecule has 1 atom stereocenters. The SMILES string of the molecule is CNC(=O)C(CC(C)C)NCc1ccc(F)c(Br)c1. The van der Waals surface area contributed by atoms with Gasteiger partial charge in [-0.2, -0.15) is 0 Å². The van der Waals surface area contributed by atoms with Crippen molar-refractivity contribution >= 4 is 21.8 Å².